The van der Waals surface area contributed by atoms with E-state index in [9.17, 15) is 18.0 Å². The average molecular weight is 644 g/mol. The second-order valence-electron chi connectivity index (χ2n) is 10.7. The van der Waals surface area contributed by atoms with Crippen molar-refractivity contribution < 1.29 is 27.5 Å². The van der Waals surface area contributed by atoms with Gasteiger partial charge in [-0.3, -0.25) is 13.9 Å². The van der Waals surface area contributed by atoms with E-state index in [1.54, 1.807) is 61.7 Å². The summed E-state index contributed by atoms with van der Waals surface area (Å²) in [6.45, 7) is 2.02. The highest BCUT2D eigenvalue weighted by atomic mass is 32.2. The summed E-state index contributed by atoms with van der Waals surface area (Å²) < 4.78 is 40.0. The Labute approximate surface area is 271 Å². The van der Waals surface area contributed by atoms with E-state index in [4.69, 9.17) is 9.47 Å². The molecule has 46 heavy (non-hydrogen) atoms. The summed E-state index contributed by atoms with van der Waals surface area (Å²) in [5.41, 5.74) is 1.92. The van der Waals surface area contributed by atoms with Gasteiger partial charge in [0.15, 0.2) is 0 Å². The zero-order valence-corrected chi connectivity index (χ0v) is 27.3. The molecule has 4 aromatic rings. The third kappa shape index (κ3) is 8.88. The number of anilines is 1. The smallest absolute Gasteiger partial charge is 0.264 e. The first-order valence-electron chi connectivity index (χ1n) is 15.2. The van der Waals surface area contributed by atoms with Crippen LogP contribution in [0.2, 0.25) is 0 Å². The first-order chi connectivity index (χ1) is 22.3. The Bertz CT molecular complexity index is 1670. The lowest BCUT2D eigenvalue weighted by Gasteiger charge is -2.34. The van der Waals surface area contributed by atoms with Gasteiger partial charge in [-0.15, -0.1) is 0 Å². The molecule has 0 saturated heterocycles. The van der Waals surface area contributed by atoms with Gasteiger partial charge in [-0.05, 0) is 66.1 Å². The average Bonchev–Trinajstić information content (AvgIpc) is 3.09. The van der Waals surface area contributed by atoms with Crippen molar-refractivity contribution in [3.05, 3.63) is 120 Å². The van der Waals surface area contributed by atoms with Gasteiger partial charge in [-0.1, -0.05) is 74.0 Å². The molecule has 9 nitrogen and oxygen atoms in total. The maximum absolute atomic E-state index is 14.5. The van der Waals surface area contributed by atoms with E-state index in [-0.39, 0.29) is 23.8 Å². The van der Waals surface area contributed by atoms with Crippen LogP contribution in [0.25, 0.3) is 0 Å². The fraction of sp³-hybridized carbons (Fsp3) is 0.278. The largest absolute Gasteiger partial charge is 0.497 e. The molecule has 0 unspecified atom stereocenters. The van der Waals surface area contributed by atoms with Crippen molar-refractivity contribution in [1.82, 2.24) is 10.2 Å². The van der Waals surface area contributed by atoms with Crippen molar-refractivity contribution in [2.75, 3.05) is 31.6 Å². The molecule has 0 bridgehead atoms. The van der Waals surface area contributed by atoms with Crippen LogP contribution in [0.1, 0.15) is 30.9 Å². The lowest BCUT2D eigenvalue weighted by Crippen LogP contribution is -2.53. The third-order valence-electron chi connectivity index (χ3n) is 7.56. The fourth-order valence-corrected chi connectivity index (χ4v) is 6.44. The predicted molar refractivity (Wildman–Crippen MR) is 179 cm³/mol. The molecule has 4 aromatic carbocycles. The van der Waals surface area contributed by atoms with Crippen LogP contribution in [-0.4, -0.2) is 58.5 Å². The van der Waals surface area contributed by atoms with E-state index >= 15 is 0 Å². The zero-order chi connectivity index (χ0) is 32.9. The minimum atomic E-state index is -4.20. The van der Waals surface area contributed by atoms with Gasteiger partial charge in [0, 0.05) is 19.5 Å². The third-order valence-corrected chi connectivity index (χ3v) is 9.35. The highest BCUT2D eigenvalue weighted by Crippen LogP contribution is 2.26. The molecular formula is C36H41N3O6S. The highest BCUT2D eigenvalue weighted by Gasteiger charge is 2.34. The Morgan fingerprint density at radius 2 is 1.41 bits per heavy atom. The van der Waals surface area contributed by atoms with Gasteiger partial charge in [0.25, 0.3) is 10.0 Å². The number of carbonyl (C=O) groups is 2. The normalized spacial score (nSPS) is 11.7. The van der Waals surface area contributed by atoms with E-state index in [1.165, 1.54) is 24.1 Å². The summed E-state index contributed by atoms with van der Waals surface area (Å²) in [6, 6.07) is 30.3. The summed E-state index contributed by atoms with van der Waals surface area (Å²) in [5, 5.41) is 3.00. The second kappa shape index (κ2) is 16.5. The molecule has 242 valence electrons. The molecule has 1 N–H and O–H groups in total. The van der Waals surface area contributed by atoms with Crippen LogP contribution in [0, 0.1) is 0 Å². The molecule has 0 spiro atoms. The maximum Gasteiger partial charge on any atom is 0.264 e. The summed E-state index contributed by atoms with van der Waals surface area (Å²) in [5.74, 6) is 0.265. The lowest BCUT2D eigenvalue weighted by atomic mass is 10.0. The number of rotatable bonds is 16. The molecule has 0 aliphatic carbocycles. The van der Waals surface area contributed by atoms with E-state index in [0.29, 0.717) is 23.7 Å². The van der Waals surface area contributed by atoms with E-state index < -0.39 is 28.5 Å². The van der Waals surface area contributed by atoms with Crippen molar-refractivity contribution in [3.63, 3.8) is 0 Å². The van der Waals surface area contributed by atoms with Gasteiger partial charge in [0.05, 0.1) is 24.8 Å². The molecule has 2 amide bonds. The number of para-hydroxylation sites is 1. The second-order valence-corrected chi connectivity index (χ2v) is 12.6. The molecule has 4 rings (SSSR count). The van der Waals surface area contributed by atoms with Gasteiger partial charge in [0.1, 0.15) is 24.1 Å². The number of ether oxygens (including phenoxy) is 2. The molecule has 0 saturated carbocycles. The highest BCUT2D eigenvalue weighted by molar-refractivity contribution is 7.92. The minimum absolute atomic E-state index is 0.00226. The SMILES string of the molecule is CCCCNC(=O)[C@@H](Cc1ccccc1)N(Cc1cccc(OC)c1)C(=O)CN(c1ccccc1)S(=O)(=O)c1ccc(OC)cc1. The van der Waals surface area contributed by atoms with Crippen LogP contribution in [0.4, 0.5) is 5.69 Å². The van der Waals surface area contributed by atoms with Crippen molar-refractivity contribution in [2.24, 2.45) is 0 Å². The van der Waals surface area contributed by atoms with Crippen LogP contribution in [0.15, 0.2) is 114 Å². The number of nitrogens with one attached hydrogen (secondary N) is 1. The van der Waals surface area contributed by atoms with Crippen molar-refractivity contribution >= 4 is 27.5 Å². The number of hydrogen-bond acceptors (Lipinski definition) is 6. The number of carbonyl (C=O) groups excluding carboxylic acids is 2. The Balaban J connectivity index is 1.78. The first-order valence-corrected chi connectivity index (χ1v) is 16.7. The summed E-state index contributed by atoms with van der Waals surface area (Å²) >= 11 is 0. The monoisotopic (exact) mass is 643 g/mol. The Morgan fingerprint density at radius 1 is 0.783 bits per heavy atom. The summed E-state index contributed by atoms with van der Waals surface area (Å²) in [4.78, 5) is 29.8. The van der Waals surface area contributed by atoms with E-state index in [1.807, 2.05) is 49.4 Å². The van der Waals surface area contributed by atoms with Crippen molar-refractivity contribution in [3.8, 4) is 11.5 Å². The van der Waals surface area contributed by atoms with Crippen LogP contribution >= 0.6 is 0 Å². The van der Waals surface area contributed by atoms with Gasteiger partial charge < -0.3 is 19.7 Å². The summed E-state index contributed by atoms with van der Waals surface area (Å²) in [6.07, 6.45) is 1.92. The molecule has 0 heterocycles. The Kier molecular flexibility index (Phi) is 12.2. The predicted octanol–water partition coefficient (Wildman–Crippen LogP) is 5.46. The van der Waals surface area contributed by atoms with Gasteiger partial charge in [-0.25, -0.2) is 8.42 Å². The number of benzene rings is 4. The topological polar surface area (TPSA) is 105 Å². The Morgan fingerprint density at radius 3 is 2.04 bits per heavy atom. The molecular weight excluding hydrogens is 602 g/mol. The Hall–Kier alpha value is -4.83. The van der Waals surface area contributed by atoms with Gasteiger partial charge in [-0.2, -0.15) is 0 Å². The summed E-state index contributed by atoms with van der Waals surface area (Å²) in [7, 11) is -1.15. The number of unbranched alkanes of at least 4 members (excludes halogenated alkanes) is 1. The maximum atomic E-state index is 14.5. The minimum Gasteiger partial charge on any atom is -0.497 e. The molecule has 0 fully saturated rings. The van der Waals surface area contributed by atoms with Crippen LogP contribution in [0.3, 0.4) is 0 Å². The van der Waals surface area contributed by atoms with Gasteiger partial charge in [0.2, 0.25) is 11.8 Å². The zero-order valence-electron chi connectivity index (χ0n) is 26.5. The molecule has 0 aliphatic rings. The molecule has 0 aromatic heterocycles. The lowest BCUT2D eigenvalue weighted by molar-refractivity contribution is -0.140. The number of hydrogen-bond donors (Lipinski definition) is 1. The molecule has 0 radical (unpaired) electrons. The van der Waals surface area contributed by atoms with Gasteiger partial charge >= 0.3 is 0 Å². The number of sulfonamides is 1. The van der Waals surface area contributed by atoms with Crippen LogP contribution < -0.4 is 19.1 Å². The number of methoxy groups -OCH3 is 2. The van der Waals surface area contributed by atoms with Crippen LogP contribution in [0.5, 0.6) is 11.5 Å². The van der Waals surface area contributed by atoms with Crippen molar-refractivity contribution in [1.29, 1.82) is 0 Å². The standard InChI is InChI=1S/C36H41N3O6S/c1-4-5-23-37-36(41)34(25-28-13-8-6-9-14-28)38(26-29-15-12-18-32(24-29)45-3)35(40)27-39(30-16-10-7-11-17-30)46(42,43)33-21-19-31(44-2)20-22-33/h6-22,24,34H,4-5,23,25-27H2,1-3H3,(H,37,41)/t34-/m1/s1. The number of nitrogens with zero attached hydrogens (tertiary/aromatic N) is 2. The molecule has 1 atom stereocenters. The quantitative estimate of drug-likeness (QED) is 0.163. The molecule has 10 heteroatoms. The van der Waals surface area contributed by atoms with E-state index in [0.717, 1.165) is 28.3 Å². The van der Waals surface area contributed by atoms with Crippen LogP contribution in [-0.2, 0) is 32.6 Å². The fourth-order valence-electron chi connectivity index (χ4n) is 5.03. The number of amides is 2. The molecule has 0 aliphatic heterocycles. The van der Waals surface area contributed by atoms with E-state index in [2.05, 4.69) is 5.32 Å². The first kappa shape index (κ1) is 34.1. The van der Waals surface area contributed by atoms with Crippen molar-refractivity contribution in [2.45, 2.75) is 43.7 Å².